The minimum atomic E-state index is -0.541. The molecule has 118 valence electrons. The molecule has 0 radical (unpaired) electrons. The van der Waals surface area contributed by atoms with Gasteiger partial charge in [0.05, 0.1) is 12.8 Å². The Bertz CT molecular complexity index is 470. The topological polar surface area (TPSA) is 85.6 Å². The van der Waals surface area contributed by atoms with E-state index in [1.807, 2.05) is 32.9 Å². The molecule has 0 spiro atoms. The largest absolute Gasteiger partial charge is 0.494 e. The summed E-state index contributed by atoms with van der Waals surface area (Å²) in [6.45, 7) is 6.87. The quantitative estimate of drug-likeness (QED) is 0.703. The summed E-state index contributed by atoms with van der Waals surface area (Å²) in [6.07, 6.45) is 0.380. The van der Waals surface area contributed by atoms with E-state index in [9.17, 15) is 4.79 Å². The van der Waals surface area contributed by atoms with Gasteiger partial charge < -0.3 is 20.5 Å². The van der Waals surface area contributed by atoms with Crippen molar-refractivity contribution in [2.45, 2.75) is 32.8 Å². The number of rotatable bonds is 6. The molecule has 6 nitrogen and oxygen atoms in total. The zero-order valence-corrected chi connectivity index (χ0v) is 13.2. The van der Waals surface area contributed by atoms with Gasteiger partial charge in [-0.1, -0.05) is 0 Å². The number of hydrogen-bond acceptors (Lipinski definition) is 5. The van der Waals surface area contributed by atoms with E-state index in [2.05, 4.69) is 10.6 Å². The van der Waals surface area contributed by atoms with E-state index >= 15 is 0 Å². The van der Waals surface area contributed by atoms with Gasteiger partial charge in [0.15, 0.2) is 0 Å². The summed E-state index contributed by atoms with van der Waals surface area (Å²) in [5.74, 6) is 0.568. The molecule has 0 fully saturated rings. The SMILES string of the molecule is COc1cc(NCCCN)ccc1NC(=O)OC(C)(C)C. The first-order valence-corrected chi connectivity index (χ1v) is 6.97. The Labute approximate surface area is 126 Å². The van der Waals surface area contributed by atoms with Crippen LogP contribution in [0.2, 0.25) is 0 Å². The second-order valence-electron chi connectivity index (χ2n) is 5.61. The third kappa shape index (κ3) is 6.35. The summed E-state index contributed by atoms with van der Waals surface area (Å²) in [5.41, 5.74) is 6.39. The number of ether oxygens (including phenoxy) is 2. The van der Waals surface area contributed by atoms with E-state index < -0.39 is 11.7 Å². The molecule has 0 aliphatic heterocycles. The highest BCUT2D eigenvalue weighted by Crippen LogP contribution is 2.28. The van der Waals surface area contributed by atoms with Gasteiger partial charge in [0.2, 0.25) is 0 Å². The van der Waals surface area contributed by atoms with Crippen LogP contribution in [-0.4, -0.2) is 31.9 Å². The van der Waals surface area contributed by atoms with Crippen LogP contribution >= 0.6 is 0 Å². The second-order valence-corrected chi connectivity index (χ2v) is 5.61. The average Bonchev–Trinajstić information content (AvgIpc) is 2.38. The maximum absolute atomic E-state index is 11.8. The second kappa shape index (κ2) is 7.73. The van der Waals surface area contributed by atoms with Crippen LogP contribution in [0.15, 0.2) is 18.2 Å². The highest BCUT2D eigenvalue weighted by molar-refractivity contribution is 5.87. The van der Waals surface area contributed by atoms with Crippen LogP contribution in [0.5, 0.6) is 5.75 Å². The van der Waals surface area contributed by atoms with Gasteiger partial charge >= 0.3 is 6.09 Å². The summed E-state index contributed by atoms with van der Waals surface area (Å²) in [6, 6.07) is 5.46. The Morgan fingerprint density at radius 1 is 1.33 bits per heavy atom. The molecule has 1 rings (SSSR count). The Kier molecular flexibility index (Phi) is 6.30. The molecule has 6 heteroatoms. The first kappa shape index (κ1) is 17.1. The van der Waals surface area contributed by atoms with Gasteiger partial charge in [0, 0.05) is 18.3 Å². The van der Waals surface area contributed by atoms with Crippen molar-refractivity contribution < 1.29 is 14.3 Å². The molecule has 0 aliphatic rings. The molecule has 1 aromatic carbocycles. The molecule has 0 saturated heterocycles. The van der Waals surface area contributed by atoms with E-state index in [0.717, 1.165) is 18.7 Å². The predicted octanol–water partition coefficient (Wildman–Crippen LogP) is 2.80. The molecular weight excluding hydrogens is 270 g/mol. The van der Waals surface area contributed by atoms with Crippen molar-refractivity contribution in [1.29, 1.82) is 0 Å². The molecule has 21 heavy (non-hydrogen) atoms. The minimum Gasteiger partial charge on any atom is -0.494 e. The number of anilines is 2. The van der Waals surface area contributed by atoms with Crippen molar-refractivity contribution in [3.05, 3.63) is 18.2 Å². The fourth-order valence-electron chi connectivity index (χ4n) is 1.65. The lowest BCUT2D eigenvalue weighted by molar-refractivity contribution is 0.0635. The zero-order chi connectivity index (χ0) is 15.9. The van der Waals surface area contributed by atoms with Crippen LogP contribution in [0.25, 0.3) is 0 Å². The van der Waals surface area contributed by atoms with Crippen LogP contribution in [0.1, 0.15) is 27.2 Å². The lowest BCUT2D eigenvalue weighted by Crippen LogP contribution is -2.27. The van der Waals surface area contributed by atoms with E-state index in [0.29, 0.717) is 18.0 Å². The van der Waals surface area contributed by atoms with Crippen molar-refractivity contribution in [2.75, 3.05) is 30.8 Å². The molecule has 0 aliphatic carbocycles. The van der Waals surface area contributed by atoms with Crippen LogP contribution in [0.4, 0.5) is 16.2 Å². The molecule has 1 aromatic rings. The number of amides is 1. The molecule has 4 N–H and O–H groups in total. The monoisotopic (exact) mass is 295 g/mol. The lowest BCUT2D eigenvalue weighted by atomic mass is 10.2. The summed E-state index contributed by atoms with van der Waals surface area (Å²) in [4.78, 5) is 11.8. The normalized spacial score (nSPS) is 10.9. The van der Waals surface area contributed by atoms with Crippen LogP contribution in [-0.2, 0) is 4.74 Å². The standard InChI is InChI=1S/C15H25N3O3/c1-15(2,3)21-14(19)18-12-7-6-11(10-13(12)20-4)17-9-5-8-16/h6-7,10,17H,5,8-9,16H2,1-4H3,(H,18,19). The molecule has 0 bridgehead atoms. The highest BCUT2D eigenvalue weighted by Gasteiger charge is 2.17. The van der Waals surface area contributed by atoms with Crippen LogP contribution < -0.4 is 21.1 Å². The smallest absolute Gasteiger partial charge is 0.412 e. The van der Waals surface area contributed by atoms with Crippen molar-refractivity contribution in [3.63, 3.8) is 0 Å². The summed E-state index contributed by atoms with van der Waals surface area (Å²) >= 11 is 0. The van der Waals surface area contributed by atoms with E-state index in [-0.39, 0.29) is 0 Å². The number of methoxy groups -OCH3 is 1. The molecule has 0 saturated carbocycles. The third-order valence-electron chi connectivity index (χ3n) is 2.55. The summed E-state index contributed by atoms with van der Waals surface area (Å²) < 4.78 is 10.5. The Morgan fingerprint density at radius 2 is 2.05 bits per heavy atom. The van der Waals surface area contributed by atoms with Crippen molar-refractivity contribution in [1.82, 2.24) is 0 Å². The van der Waals surface area contributed by atoms with Gasteiger partial charge in [-0.05, 0) is 45.9 Å². The Hall–Kier alpha value is -1.95. The first-order chi connectivity index (χ1) is 9.85. The highest BCUT2D eigenvalue weighted by atomic mass is 16.6. The summed E-state index contributed by atoms with van der Waals surface area (Å²) in [5, 5.41) is 5.91. The van der Waals surface area contributed by atoms with E-state index in [4.69, 9.17) is 15.2 Å². The van der Waals surface area contributed by atoms with Gasteiger partial charge in [-0.25, -0.2) is 4.79 Å². The number of nitrogens with two attached hydrogens (primary N) is 1. The Morgan fingerprint density at radius 3 is 2.62 bits per heavy atom. The fourth-order valence-corrected chi connectivity index (χ4v) is 1.65. The summed E-state index contributed by atoms with van der Waals surface area (Å²) in [7, 11) is 1.55. The van der Waals surface area contributed by atoms with E-state index in [1.165, 1.54) is 0 Å². The number of benzene rings is 1. The molecule has 0 atom stereocenters. The number of nitrogens with one attached hydrogen (secondary N) is 2. The maximum Gasteiger partial charge on any atom is 0.412 e. The van der Waals surface area contributed by atoms with Gasteiger partial charge in [0.25, 0.3) is 0 Å². The van der Waals surface area contributed by atoms with E-state index in [1.54, 1.807) is 13.2 Å². The Balaban J connectivity index is 2.72. The third-order valence-corrected chi connectivity index (χ3v) is 2.55. The molecule has 0 unspecified atom stereocenters. The number of carbonyl (C=O) groups is 1. The van der Waals surface area contributed by atoms with Crippen molar-refractivity contribution in [2.24, 2.45) is 5.73 Å². The van der Waals surface area contributed by atoms with Crippen molar-refractivity contribution in [3.8, 4) is 5.75 Å². The van der Waals surface area contributed by atoms with Crippen LogP contribution in [0.3, 0.4) is 0 Å². The minimum absolute atomic E-state index is 0.510. The van der Waals surface area contributed by atoms with Crippen molar-refractivity contribution >= 4 is 17.5 Å². The number of hydrogen-bond donors (Lipinski definition) is 3. The molecule has 0 heterocycles. The molecule has 0 aromatic heterocycles. The van der Waals surface area contributed by atoms with Gasteiger partial charge in [-0.15, -0.1) is 0 Å². The first-order valence-electron chi connectivity index (χ1n) is 6.97. The zero-order valence-electron chi connectivity index (χ0n) is 13.2. The fraction of sp³-hybridized carbons (Fsp3) is 0.533. The van der Waals surface area contributed by atoms with Gasteiger partial charge in [0.1, 0.15) is 11.4 Å². The maximum atomic E-state index is 11.8. The molecular formula is C15H25N3O3. The average molecular weight is 295 g/mol. The van der Waals surface area contributed by atoms with Gasteiger partial charge in [-0.2, -0.15) is 0 Å². The van der Waals surface area contributed by atoms with Gasteiger partial charge in [-0.3, -0.25) is 5.32 Å². The number of carbonyl (C=O) groups excluding carboxylic acids is 1. The van der Waals surface area contributed by atoms with Crippen LogP contribution in [0, 0.1) is 0 Å². The molecule has 1 amide bonds. The predicted molar refractivity (Wildman–Crippen MR) is 85.0 cm³/mol. The lowest BCUT2D eigenvalue weighted by Gasteiger charge is -2.20.